The molecule has 0 saturated heterocycles. The molecule has 2 fully saturated rings. The molecule has 0 bridgehead atoms. The van der Waals surface area contributed by atoms with Gasteiger partial charge in [-0.05, 0) is 30.8 Å². The van der Waals surface area contributed by atoms with E-state index in [2.05, 4.69) is 18.5 Å². The average Bonchev–Trinajstić information content (AvgIpc) is 2.71. The third-order valence-electron chi connectivity index (χ3n) is 6.67. The predicted octanol–water partition coefficient (Wildman–Crippen LogP) is 8.07. The van der Waals surface area contributed by atoms with Gasteiger partial charge in [0.15, 0.2) is 0 Å². The first-order chi connectivity index (χ1) is 12.8. The highest BCUT2D eigenvalue weighted by molar-refractivity contribution is 5.24. The molecule has 0 aliphatic heterocycles. The molecule has 2 aliphatic rings. The molecule has 1 heteroatoms. The second kappa shape index (κ2) is 13.4. The van der Waals surface area contributed by atoms with Crippen molar-refractivity contribution in [3.05, 3.63) is 24.4 Å². The van der Waals surface area contributed by atoms with E-state index in [1.165, 1.54) is 128 Å². The summed E-state index contributed by atoms with van der Waals surface area (Å²) in [6.07, 6.45) is 26.5. The van der Waals surface area contributed by atoms with Crippen LogP contribution >= 0.6 is 0 Å². The van der Waals surface area contributed by atoms with E-state index in [0.717, 1.165) is 11.6 Å². The van der Waals surface area contributed by atoms with Crippen molar-refractivity contribution in [3.63, 3.8) is 0 Å². The molecule has 0 unspecified atom stereocenters. The van der Waals surface area contributed by atoms with Gasteiger partial charge >= 0.3 is 0 Å². The summed E-state index contributed by atoms with van der Waals surface area (Å²) in [7, 11) is 0. The van der Waals surface area contributed by atoms with Gasteiger partial charge in [0.05, 0.1) is 0 Å². The van der Waals surface area contributed by atoms with Crippen LogP contribution in [0.2, 0.25) is 0 Å². The average molecular weight is 360 g/mol. The minimum absolute atomic E-state index is 0.630. The van der Waals surface area contributed by atoms with Crippen molar-refractivity contribution in [2.45, 2.75) is 128 Å². The monoisotopic (exact) mass is 359 g/mol. The molecule has 0 spiro atoms. The molecule has 0 amide bonds. The van der Waals surface area contributed by atoms with Gasteiger partial charge in [-0.25, -0.2) is 0 Å². The quantitative estimate of drug-likeness (QED) is 0.489. The van der Waals surface area contributed by atoms with E-state index >= 15 is 0 Å². The maximum absolute atomic E-state index is 4.43. The molecule has 0 radical (unpaired) electrons. The molecule has 0 aromatic heterocycles. The standard InChI is InChI=1S/C25H45N/c1-22(21-24-17-13-9-5-3-4-6-10-14-18-24)23(2)26-25-19-15-11-7-8-12-16-20-25/h24-26H,1-21H2. The highest BCUT2D eigenvalue weighted by Gasteiger charge is 2.16. The normalized spacial score (nSPS) is 23.1. The second-order valence-corrected chi connectivity index (χ2v) is 9.10. The Balaban J connectivity index is 1.76. The molecule has 0 aromatic rings. The van der Waals surface area contributed by atoms with Crippen molar-refractivity contribution < 1.29 is 0 Å². The zero-order valence-electron chi connectivity index (χ0n) is 17.5. The fourth-order valence-corrected chi connectivity index (χ4v) is 4.87. The molecule has 0 heterocycles. The number of hydrogen-bond acceptors (Lipinski definition) is 1. The van der Waals surface area contributed by atoms with Crippen LogP contribution in [0.15, 0.2) is 24.4 Å². The van der Waals surface area contributed by atoms with Crippen LogP contribution in [-0.2, 0) is 0 Å². The summed E-state index contributed by atoms with van der Waals surface area (Å²) in [5, 5.41) is 3.77. The maximum Gasteiger partial charge on any atom is 0.0295 e. The summed E-state index contributed by atoms with van der Waals surface area (Å²) >= 11 is 0. The van der Waals surface area contributed by atoms with Crippen LogP contribution < -0.4 is 5.32 Å². The summed E-state index contributed by atoms with van der Waals surface area (Å²) in [5.41, 5.74) is 2.42. The fourth-order valence-electron chi connectivity index (χ4n) is 4.87. The van der Waals surface area contributed by atoms with Gasteiger partial charge in [0.25, 0.3) is 0 Å². The Kier molecular flexibility index (Phi) is 11.2. The molecular weight excluding hydrogens is 314 g/mol. The van der Waals surface area contributed by atoms with Crippen molar-refractivity contribution in [2.24, 2.45) is 5.92 Å². The lowest BCUT2D eigenvalue weighted by molar-refractivity contribution is 0.407. The van der Waals surface area contributed by atoms with Gasteiger partial charge < -0.3 is 5.32 Å². The van der Waals surface area contributed by atoms with Crippen LogP contribution in [-0.4, -0.2) is 6.04 Å². The molecular formula is C25H45N. The van der Waals surface area contributed by atoms with E-state index in [1.807, 2.05) is 0 Å². The second-order valence-electron chi connectivity index (χ2n) is 9.10. The number of nitrogens with one attached hydrogen (secondary N) is 1. The zero-order chi connectivity index (χ0) is 18.5. The van der Waals surface area contributed by atoms with Gasteiger partial charge in [-0.2, -0.15) is 0 Å². The Bertz CT molecular complexity index is 375. The van der Waals surface area contributed by atoms with Crippen molar-refractivity contribution in [1.82, 2.24) is 5.32 Å². The first-order valence-corrected chi connectivity index (χ1v) is 11.9. The Hall–Kier alpha value is -0.720. The lowest BCUT2D eigenvalue weighted by Gasteiger charge is -2.24. The van der Waals surface area contributed by atoms with E-state index < -0.39 is 0 Å². The first kappa shape index (κ1) is 21.6. The van der Waals surface area contributed by atoms with Crippen LogP contribution in [0, 0.1) is 5.92 Å². The summed E-state index contributed by atoms with van der Waals surface area (Å²) in [4.78, 5) is 0. The Morgan fingerprint density at radius 2 is 0.962 bits per heavy atom. The Labute approximate surface area is 164 Å². The lowest BCUT2D eigenvalue weighted by Crippen LogP contribution is -2.29. The van der Waals surface area contributed by atoms with Crippen LogP contribution in [0.3, 0.4) is 0 Å². The topological polar surface area (TPSA) is 12.0 Å². The minimum Gasteiger partial charge on any atom is -0.383 e. The third-order valence-corrected chi connectivity index (χ3v) is 6.67. The van der Waals surface area contributed by atoms with Gasteiger partial charge in [0.1, 0.15) is 0 Å². The largest absolute Gasteiger partial charge is 0.383 e. The smallest absolute Gasteiger partial charge is 0.0295 e. The summed E-state index contributed by atoms with van der Waals surface area (Å²) in [6, 6.07) is 0.630. The van der Waals surface area contributed by atoms with E-state index in [4.69, 9.17) is 0 Å². The van der Waals surface area contributed by atoms with Gasteiger partial charge in [-0.3, -0.25) is 0 Å². The van der Waals surface area contributed by atoms with E-state index in [-0.39, 0.29) is 0 Å². The predicted molar refractivity (Wildman–Crippen MR) is 116 cm³/mol. The maximum atomic E-state index is 4.43. The molecule has 2 saturated carbocycles. The highest BCUT2D eigenvalue weighted by atomic mass is 14.9. The van der Waals surface area contributed by atoms with Gasteiger partial charge in [0, 0.05) is 11.7 Å². The van der Waals surface area contributed by atoms with Crippen LogP contribution in [0.5, 0.6) is 0 Å². The molecule has 0 atom stereocenters. The van der Waals surface area contributed by atoms with Crippen molar-refractivity contribution in [1.29, 1.82) is 0 Å². The van der Waals surface area contributed by atoms with Gasteiger partial charge in [-0.1, -0.05) is 116 Å². The number of allylic oxidation sites excluding steroid dienone is 1. The van der Waals surface area contributed by atoms with Crippen molar-refractivity contribution in [2.75, 3.05) is 0 Å². The summed E-state index contributed by atoms with van der Waals surface area (Å²) in [6.45, 7) is 8.80. The van der Waals surface area contributed by atoms with Crippen molar-refractivity contribution in [3.8, 4) is 0 Å². The van der Waals surface area contributed by atoms with Gasteiger partial charge in [0.2, 0.25) is 0 Å². The molecule has 2 rings (SSSR count). The molecule has 2 aliphatic carbocycles. The first-order valence-electron chi connectivity index (χ1n) is 11.9. The van der Waals surface area contributed by atoms with Gasteiger partial charge in [-0.15, -0.1) is 0 Å². The molecule has 0 aromatic carbocycles. The van der Waals surface area contributed by atoms with Crippen LogP contribution in [0.25, 0.3) is 0 Å². The van der Waals surface area contributed by atoms with Crippen molar-refractivity contribution >= 4 is 0 Å². The zero-order valence-corrected chi connectivity index (χ0v) is 17.5. The molecule has 150 valence electrons. The van der Waals surface area contributed by atoms with Crippen LogP contribution in [0.4, 0.5) is 0 Å². The summed E-state index contributed by atoms with van der Waals surface area (Å²) < 4.78 is 0. The number of rotatable bonds is 5. The minimum atomic E-state index is 0.630. The van der Waals surface area contributed by atoms with E-state index in [1.54, 1.807) is 0 Å². The fraction of sp³-hybridized carbons (Fsp3) is 0.840. The Morgan fingerprint density at radius 3 is 1.42 bits per heavy atom. The molecule has 1 N–H and O–H groups in total. The third kappa shape index (κ3) is 9.28. The van der Waals surface area contributed by atoms with E-state index in [0.29, 0.717) is 6.04 Å². The lowest BCUT2D eigenvalue weighted by atomic mass is 9.88. The Morgan fingerprint density at radius 1 is 0.577 bits per heavy atom. The number of hydrogen-bond donors (Lipinski definition) is 1. The molecule has 1 nitrogen and oxygen atoms in total. The van der Waals surface area contributed by atoms with Crippen LogP contribution in [0.1, 0.15) is 122 Å². The SMILES string of the molecule is C=C(CC1CCCCCCCCCC1)C(=C)NC1CCCCCCCC1. The van der Waals surface area contributed by atoms with E-state index in [9.17, 15) is 0 Å². The molecule has 26 heavy (non-hydrogen) atoms. The highest BCUT2D eigenvalue weighted by Crippen LogP contribution is 2.28. The summed E-state index contributed by atoms with van der Waals surface area (Å²) in [5.74, 6) is 0.833.